The zero-order valence-corrected chi connectivity index (χ0v) is 8.56. The molecule has 1 heterocycles. The maximum Gasteiger partial charge on any atom is 0.328 e. The van der Waals surface area contributed by atoms with E-state index in [1.807, 2.05) is 0 Å². The van der Waals surface area contributed by atoms with Gasteiger partial charge in [0, 0.05) is 6.20 Å². The zero-order chi connectivity index (χ0) is 11.3. The Morgan fingerprint density at radius 1 is 1.47 bits per heavy atom. The lowest BCUT2D eigenvalue weighted by molar-refractivity contribution is -0.142. The minimum absolute atomic E-state index is 0.272. The van der Waals surface area contributed by atoms with Gasteiger partial charge in [-0.25, -0.2) is 4.79 Å². The Hall–Kier alpha value is -1.91. The van der Waals surface area contributed by atoms with Crippen LogP contribution in [0.2, 0.25) is 0 Å². The highest BCUT2D eigenvalue weighted by molar-refractivity contribution is 5.94. The molecule has 0 aliphatic rings. The number of carbonyl (C=O) groups is 2. The molecule has 0 saturated heterocycles. The minimum atomic E-state index is -0.676. The SMILES string of the molecule is COC(=O)[C@@H](C)NC(=O)c1ccccn1. The Bertz CT molecular complexity index is 351. The number of ether oxygens (including phenoxy) is 1. The summed E-state index contributed by atoms with van der Waals surface area (Å²) in [6, 6.07) is 4.30. The monoisotopic (exact) mass is 208 g/mol. The van der Waals surface area contributed by atoms with Crippen LogP contribution >= 0.6 is 0 Å². The van der Waals surface area contributed by atoms with Crippen molar-refractivity contribution in [2.24, 2.45) is 0 Å². The Balaban J connectivity index is 2.61. The predicted molar refractivity (Wildman–Crippen MR) is 53.2 cm³/mol. The van der Waals surface area contributed by atoms with E-state index in [0.29, 0.717) is 0 Å². The lowest BCUT2D eigenvalue weighted by atomic mass is 10.3. The van der Waals surface area contributed by atoms with Crippen molar-refractivity contribution in [2.45, 2.75) is 13.0 Å². The zero-order valence-electron chi connectivity index (χ0n) is 8.56. The highest BCUT2D eigenvalue weighted by Gasteiger charge is 2.16. The van der Waals surface area contributed by atoms with Crippen molar-refractivity contribution < 1.29 is 14.3 Å². The van der Waals surface area contributed by atoms with E-state index in [0.717, 1.165) is 0 Å². The molecule has 0 radical (unpaired) electrons. The van der Waals surface area contributed by atoms with E-state index in [-0.39, 0.29) is 5.69 Å². The molecule has 0 fully saturated rings. The third-order valence-electron chi connectivity index (χ3n) is 1.80. The molecule has 0 spiro atoms. The highest BCUT2D eigenvalue weighted by atomic mass is 16.5. The van der Waals surface area contributed by atoms with Crippen LogP contribution in [0.5, 0.6) is 0 Å². The summed E-state index contributed by atoms with van der Waals surface area (Å²) in [7, 11) is 1.27. The van der Waals surface area contributed by atoms with E-state index in [2.05, 4.69) is 15.0 Å². The Morgan fingerprint density at radius 2 is 2.20 bits per heavy atom. The number of nitrogens with one attached hydrogen (secondary N) is 1. The molecule has 0 aliphatic carbocycles. The molecule has 0 aromatic carbocycles. The Kier molecular flexibility index (Phi) is 3.79. The molecule has 1 N–H and O–H groups in total. The molecule has 0 aliphatic heterocycles. The quantitative estimate of drug-likeness (QED) is 0.729. The van der Waals surface area contributed by atoms with Crippen LogP contribution in [-0.4, -0.2) is 30.0 Å². The van der Waals surface area contributed by atoms with Crippen LogP contribution in [0.4, 0.5) is 0 Å². The van der Waals surface area contributed by atoms with Crippen molar-refractivity contribution in [3.63, 3.8) is 0 Å². The highest BCUT2D eigenvalue weighted by Crippen LogP contribution is 1.95. The van der Waals surface area contributed by atoms with E-state index < -0.39 is 17.9 Å². The minimum Gasteiger partial charge on any atom is -0.467 e. The number of pyridine rings is 1. The summed E-state index contributed by atoms with van der Waals surface area (Å²) in [5.41, 5.74) is 0.272. The Morgan fingerprint density at radius 3 is 2.73 bits per heavy atom. The first kappa shape index (κ1) is 11.2. The topological polar surface area (TPSA) is 68.3 Å². The van der Waals surface area contributed by atoms with Gasteiger partial charge in [-0.1, -0.05) is 6.07 Å². The van der Waals surface area contributed by atoms with Crippen molar-refractivity contribution in [1.29, 1.82) is 0 Å². The van der Waals surface area contributed by atoms with Gasteiger partial charge in [0.15, 0.2) is 0 Å². The number of hydrogen-bond donors (Lipinski definition) is 1. The first-order valence-corrected chi connectivity index (χ1v) is 4.45. The van der Waals surface area contributed by atoms with Gasteiger partial charge < -0.3 is 10.1 Å². The van der Waals surface area contributed by atoms with Gasteiger partial charge in [-0.05, 0) is 19.1 Å². The number of amides is 1. The second kappa shape index (κ2) is 5.09. The van der Waals surface area contributed by atoms with Gasteiger partial charge in [-0.15, -0.1) is 0 Å². The number of methoxy groups -OCH3 is 1. The molecule has 1 amide bonds. The van der Waals surface area contributed by atoms with Crippen LogP contribution < -0.4 is 5.32 Å². The van der Waals surface area contributed by atoms with Crippen LogP contribution in [0.3, 0.4) is 0 Å². The lowest BCUT2D eigenvalue weighted by Crippen LogP contribution is -2.39. The lowest BCUT2D eigenvalue weighted by Gasteiger charge is -2.10. The van der Waals surface area contributed by atoms with Crippen molar-refractivity contribution >= 4 is 11.9 Å². The number of rotatable bonds is 3. The number of aromatic nitrogens is 1. The summed E-state index contributed by atoms with van der Waals surface area (Å²) in [5.74, 6) is -0.882. The molecule has 5 heteroatoms. The van der Waals surface area contributed by atoms with Gasteiger partial charge in [0.05, 0.1) is 7.11 Å². The summed E-state index contributed by atoms with van der Waals surface area (Å²) in [5, 5.41) is 2.47. The average Bonchev–Trinajstić information content (AvgIpc) is 2.29. The molecule has 1 aromatic rings. The van der Waals surface area contributed by atoms with Crippen LogP contribution in [0.1, 0.15) is 17.4 Å². The summed E-state index contributed by atoms with van der Waals surface area (Å²) in [6.07, 6.45) is 1.51. The number of carbonyl (C=O) groups excluding carboxylic acids is 2. The van der Waals surface area contributed by atoms with Crippen LogP contribution in [0.25, 0.3) is 0 Å². The molecule has 1 aromatic heterocycles. The molecule has 5 nitrogen and oxygen atoms in total. The van der Waals surface area contributed by atoms with E-state index in [1.54, 1.807) is 25.1 Å². The molecule has 15 heavy (non-hydrogen) atoms. The van der Waals surface area contributed by atoms with Gasteiger partial charge in [-0.3, -0.25) is 9.78 Å². The first-order valence-electron chi connectivity index (χ1n) is 4.45. The van der Waals surface area contributed by atoms with E-state index in [4.69, 9.17) is 0 Å². The van der Waals surface area contributed by atoms with Gasteiger partial charge in [-0.2, -0.15) is 0 Å². The van der Waals surface area contributed by atoms with Gasteiger partial charge in [0.2, 0.25) is 0 Å². The molecule has 0 unspecified atom stereocenters. The first-order chi connectivity index (χ1) is 7.15. The van der Waals surface area contributed by atoms with Crippen LogP contribution in [-0.2, 0) is 9.53 Å². The van der Waals surface area contributed by atoms with E-state index in [1.165, 1.54) is 13.3 Å². The van der Waals surface area contributed by atoms with Crippen molar-refractivity contribution in [1.82, 2.24) is 10.3 Å². The summed E-state index contributed by atoms with van der Waals surface area (Å²) in [4.78, 5) is 26.4. The summed E-state index contributed by atoms with van der Waals surface area (Å²) in [6.45, 7) is 1.55. The van der Waals surface area contributed by atoms with Crippen LogP contribution in [0, 0.1) is 0 Å². The van der Waals surface area contributed by atoms with Crippen LogP contribution in [0.15, 0.2) is 24.4 Å². The normalized spacial score (nSPS) is 11.6. The molecule has 1 rings (SSSR count). The molecule has 80 valence electrons. The smallest absolute Gasteiger partial charge is 0.328 e. The fraction of sp³-hybridized carbons (Fsp3) is 0.300. The largest absolute Gasteiger partial charge is 0.467 e. The third kappa shape index (κ3) is 3.05. The van der Waals surface area contributed by atoms with E-state index in [9.17, 15) is 9.59 Å². The average molecular weight is 208 g/mol. The number of hydrogen-bond acceptors (Lipinski definition) is 4. The Labute approximate surface area is 87.5 Å². The molecule has 1 atom stereocenters. The van der Waals surface area contributed by atoms with E-state index >= 15 is 0 Å². The van der Waals surface area contributed by atoms with Crippen molar-refractivity contribution in [3.8, 4) is 0 Å². The van der Waals surface area contributed by atoms with Crippen molar-refractivity contribution in [2.75, 3.05) is 7.11 Å². The maximum absolute atomic E-state index is 11.5. The number of esters is 1. The predicted octanol–water partition coefficient (Wildman–Crippen LogP) is 0.373. The number of nitrogens with zero attached hydrogens (tertiary/aromatic N) is 1. The molecule has 0 saturated carbocycles. The second-order valence-electron chi connectivity index (χ2n) is 2.93. The molecular weight excluding hydrogens is 196 g/mol. The standard InChI is InChI=1S/C10H12N2O3/c1-7(10(14)15-2)12-9(13)8-5-3-4-6-11-8/h3-7H,1-2H3,(H,12,13)/t7-/m1/s1. The van der Waals surface area contributed by atoms with Gasteiger partial charge in [0.1, 0.15) is 11.7 Å². The maximum atomic E-state index is 11.5. The molecule has 0 bridgehead atoms. The van der Waals surface area contributed by atoms with Crippen molar-refractivity contribution in [3.05, 3.63) is 30.1 Å². The summed E-state index contributed by atoms with van der Waals surface area (Å²) < 4.78 is 4.47. The van der Waals surface area contributed by atoms with Gasteiger partial charge >= 0.3 is 5.97 Å². The third-order valence-corrected chi connectivity index (χ3v) is 1.80. The molecular formula is C10H12N2O3. The fourth-order valence-corrected chi connectivity index (χ4v) is 1.00. The fourth-order valence-electron chi connectivity index (χ4n) is 1.00. The second-order valence-corrected chi connectivity index (χ2v) is 2.93. The van der Waals surface area contributed by atoms with Gasteiger partial charge in [0.25, 0.3) is 5.91 Å². The summed E-state index contributed by atoms with van der Waals surface area (Å²) >= 11 is 0.